The minimum Gasteiger partial charge on any atom is -0.489 e. The number of ether oxygens (including phenoxy) is 2. The smallest absolute Gasteiger partial charge is 0.226 e. The van der Waals surface area contributed by atoms with Gasteiger partial charge in [-0.25, -0.2) is 4.98 Å². The highest BCUT2D eigenvalue weighted by Gasteiger charge is 2.62. The molecule has 9 nitrogen and oxygen atoms in total. The molecule has 2 amide bonds. The molecule has 1 fully saturated rings. The zero-order valence-corrected chi connectivity index (χ0v) is 14.0. The van der Waals surface area contributed by atoms with E-state index in [0.29, 0.717) is 35.9 Å². The summed E-state index contributed by atoms with van der Waals surface area (Å²) >= 11 is 0. The maximum atomic E-state index is 11.8. The molecule has 1 N–H and O–H groups in total. The lowest BCUT2D eigenvalue weighted by Gasteiger charge is -2.19. The highest BCUT2D eigenvalue weighted by Crippen LogP contribution is 2.59. The number of hydrogen-bond donors (Lipinski definition) is 1. The van der Waals surface area contributed by atoms with E-state index in [1.54, 1.807) is 24.4 Å². The van der Waals surface area contributed by atoms with Crippen molar-refractivity contribution in [3.63, 3.8) is 0 Å². The molecular weight excluding hydrogens is 350 g/mol. The number of fused-ring (bicyclic) bond motifs is 4. The van der Waals surface area contributed by atoms with Gasteiger partial charge in [0.15, 0.2) is 0 Å². The molecule has 3 aliphatic rings. The first-order valence-corrected chi connectivity index (χ1v) is 8.51. The highest BCUT2D eigenvalue weighted by molar-refractivity contribution is 5.93. The van der Waals surface area contributed by atoms with Crippen LogP contribution in [0.25, 0.3) is 10.4 Å². The predicted molar refractivity (Wildman–Crippen MR) is 92.5 cm³/mol. The highest BCUT2D eigenvalue weighted by atomic mass is 16.5. The van der Waals surface area contributed by atoms with Crippen molar-refractivity contribution in [1.82, 2.24) is 4.98 Å². The van der Waals surface area contributed by atoms with Gasteiger partial charge in [-0.15, -0.1) is 0 Å². The molecule has 1 aliphatic carbocycles. The van der Waals surface area contributed by atoms with E-state index in [9.17, 15) is 9.59 Å². The molecule has 9 heteroatoms. The largest absolute Gasteiger partial charge is 0.489 e. The number of nitrogens with one attached hydrogen (secondary N) is 1. The van der Waals surface area contributed by atoms with Gasteiger partial charge in [-0.1, -0.05) is 0 Å². The van der Waals surface area contributed by atoms with Crippen molar-refractivity contribution in [2.24, 2.45) is 11.0 Å². The Morgan fingerprint density at radius 3 is 3.11 bits per heavy atom. The SMILES string of the molecule is [N-]=[N+]=NC(=O)[C@@H]1[C@H]2Oc3ccc(Oc4ccnc5c4CCC(=O)N5)cc3[C@H]21. The second kappa shape index (κ2) is 5.72. The van der Waals surface area contributed by atoms with Crippen LogP contribution in [0.3, 0.4) is 0 Å². The first kappa shape index (κ1) is 15.7. The lowest BCUT2D eigenvalue weighted by Crippen LogP contribution is -2.20. The quantitative estimate of drug-likeness (QED) is 0.509. The fraction of sp³-hybridized carbons (Fsp3) is 0.278. The van der Waals surface area contributed by atoms with Gasteiger partial charge >= 0.3 is 0 Å². The van der Waals surface area contributed by atoms with Gasteiger partial charge in [0.25, 0.3) is 0 Å². The fourth-order valence-corrected chi connectivity index (χ4v) is 3.79. The van der Waals surface area contributed by atoms with Crippen LogP contribution in [0.5, 0.6) is 17.2 Å². The molecule has 0 bridgehead atoms. The minimum absolute atomic E-state index is 0.0580. The van der Waals surface area contributed by atoms with Gasteiger partial charge < -0.3 is 14.8 Å². The van der Waals surface area contributed by atoms with Crippen molar-refractivity contribution in [2.75, 3.05) is 5.32 Å². The number of benzene rings is 1. The van der Waals surface area contributed by atoms with Crippen LogP contribution < -0.4 is 14.8 Å². The van der Waals surface area contributed by atoms with Crippen molar-refractivity contribution < 1.29 is 19.1 Å². The van der Waals surface area contributed by atoms with Crippen molar-refractivity contribution in [3.05, 3.63) is 52.0 Å². The topological polar surface area (TPSA) is 126 Å². The van der Waals surface area contributed by atoms with Crippen molar-refractivity contribution >= 4 is 17.6 Å². The predicted octanol–water partition coefficient (Wildman–Crippen LogP) is 3.07. The fourth-order valence-electron chi connectivity index (χ4n) is 3.79. The van der Waals surface area contributed by atoms with Crippen LogP contribution in [0.1, 0.15) is 23.5 Å². The monoisotopic (exact) mass is 363 g/mol. The summed E-state index contributed by atoms with van der Waals surface area (Å²) in [5, 5.41) is 5.92. The average Bonchev–Trinajstić information content (AvgIpc) is 3.25. The first-order chi connectivity index (χ1) is 13.2. The number of hydrogen-bond acceptors (Lipinski definition) is 5. The van der Waals surface area contributed by atoms with Crippen LogP contribution in [-0.2, 0) is 16.0 Å². The van der Waals surface area contributed by atoms with Gasteiger partial charge in [0.2, 0.25) is 11.8 Å². The van der Waals surface area contributed by atoms with Crippen LogP contribution in [0.4, 0.5) is 5.82 Å². The van der Waals surface area contributed by atoms with Crippen molar-refractivity contribution in [2.45, 2.75) is 24.9 Å². The number of anilines is 1. The van der Waals surface area contributed by atoms with E-state index in [2.05, 4.69) is 20.3 Å². The van der Waals surface area contributed by atoms with Gasteiger partial charge in [0, 0.05) is 34.6 Å². The van der Waals surface area contributed by atoms with Gasteiger partial charge in [-0.2, -0.15) is 0 Å². The Hall–Kier alpha value is -3.58. The number of azide groups is 1. The van der Waals surface area contributed by atoms with E-state index in [1.807, 2.05) is 6.07 Å². The molecule has 0 saturated heterocycles. The molecule has 1 aromatic carbocycles. The van der Waals surface area contributed by atoms with E-state index in [0.717, 1.165) is 11.1 Å². The van der Waals surface area contributed by atoms with E-state index in [4.69, 9.17) is 15.0 Å². The molecule has 0 radical (unpaired) electrons. The van der Waals surface area contributed by atoms with E-state index >= 15 is 0 Å². The third kappa shape index (κ3) is 2.48. The van der Waals surface area contributed by atoms with Crippen LogP contribution >= 0.6 is 0 Å². The Balaban J connectivity index is 1.42. The number of nitrogens with zero attached hydrogens (tertiary/aromatic N) is 4. The Labute approximate surface area is 152 Å². The van der Waals surface area contributed by atoms with Crippen LogP contribution in [0.15, 0.2) is 35.6 Å². The van der Waals surface area contributed by atoms with Gasteiger partial charge in [0.05, 0.1) is 5.92 Å². The zero-order valence-electron chi connectivity index (χ0n) is 14.0. The van der Waals surface area contributed by atoms with Gasteiger partial charge in [-0.3, -0.25) is 9.59 Å². The minimum atomic E-state index is -0.497. The first-order valence-electron chi connectivity index (χ1n) is 8.51. The summed E-state index contributed by atoms with van der Waals surface area (Å²) in [4.78, 5) is 30.1. The average molecular weight is 363 g/mol. The Bertz CT molecular complexity index is 1050. The third-order valence-corrected chi connectivity index (χ3v) is 5.09. The maximum absolute atomic E-state index is 11.8. The molecule has 5 rings (SSSR count). The molecular formula is C18H13N5O4. The van der Waals surface area contributed by atoms with Crippen LogP contribution in [-0.4, -0.2) is 22.9 Å². The summed E-state index contributed by atoms with van der Waals surface area (Å²) in [6.45, 7) is 0. The number of pyridine rings is 1. The number of amides is 2. The molecule has 0 unspecified atom stereocenters. The summed E-state index contributed by atoms with van der Waals surface area (Å²) in [5.41, 5.74) is 10.2. The Morgan fingerprint density at radius 1 is 1.37 bits per heavy atom. The standard InChI is InChI=1S/C18H13N5O4/c19-23-22-18(25)15-14-10-7-8(1-3-11(10)27-16(14)15)26-12-5-6-20-17-9(12)2-4-13(24)21-17/h1,3,5-7,14-16H,2,4H2,(H,20,21,24)/t14-,15-,16-/m0/s1. The maximum Gasteiger partial charge on any atom is 0.226 e. The lowest BCUT2D eigenvalue weighted by molar-refractivity contribution is -0.120. The summed E-state index contributed by atoms with van der Waals surface area (Å²) in [6.07, 6.45) is 2.27. The number of rotatable bonds is 3. The molecule has 3 atom stereocenters. The number of carbonyl (C=O) groups is 2. The summed E-state index contributed by atoms with van der Waals surface area (Å²) in [5.74, 6) is 1.39. The Kier molecular flexibility index (Phi) is 3.32. The number of carbonyl (C=O) groups excluding carboxylic acids is 2. The molecule has 1 aromatic heterocycles. The van der Waals surface area contributed by atoms with Crippen LogP contribution in [0.2, 0.25) is 0 Å². The molecule has 27 heavy (non-hydrogen) atoms. The van der Waals surface area contributed by atoms with Crippen molar-refractivity contribution in [3.8, 4) is 17.2 Å². The van der Waals surface area contributed by atoms with Gasteiger partial charge in [-0.05, 0) is 41.3 Å². The molecule has 2 aromatic rings. The lowest BCUT2D eigenvalue weighted by atomic mass is 10.1. The Morgan fingerprint density at radius 2 is 2.26 bits per heavy atom. The molecule has 3 heterocycles. The normalized spacial score (nSPS) is 23.7. The second-order valence-electron chi connectivity index (χ2n) is 6.65. The van der Waals surface area contributed by atoms with Crippen LogP contribution in [0, 0.1) is 5.92 Å². The van der Waals surface area contributed by atoms with E-state index in [1.165, 1.54) is 0 Å². The second-order valence-corrected chi connectivity index (χ2v) is 6.65. The molecule has 0 spiro atoms. The summed E-state index contributed by atoms with van der Waals surface area (Å²) in [6, 6.07) is 7.20. The van der Waals surface area contributed by atoms with Gasteiger partial charge in [0.1, 0.15) is 29.2 Å². The van der Waals surface area contributed by atoms with E-state index < -0.39 is 11.8 Å². The summed E-state index contributed by atoms with van der Waals surface area (Å²) < 4.78 is 11.8. The molecule has 2 aliphatic heterocycles. The third-order valence-electron chi connectivity index (χ3n) is 5.09. The molecule has 134 valence electrons. The molecule has 1 saturated carbocycles. The van der Waals surface area contributed by atoms with E-state index in [-0.39, 0.29) is 17.9 Å². The summed E-state index contributed by atoms with van der Waals surface area (Å²) in [7, 11) is 0. The van der Waals surface area contributed by atoms with Crippen molar-refractivity contribution in [1.29, 1.82) is 0 Å². The zero-order chi connectivity index (χ0) is 18.5. The number of aromatic nitrogens is 1.